The molecule has 6 heteroatoms. The third-order valence-corrected chi connectivity index (χ3v) is 3.54. The van der Waals surface area contributed by atoms with Gasteiger partial charge in [0.15, 0.2) is 0 Å². The molecule has 1 N–H and O–H groups in total. The van der Waals surface area contributed by atoms with Crippen LogP contribution in [0.3, 0.4) is 0 Å². The number of likely N-dealkylation sites (tertiary alicyclic amines) is 1. The topological polar surface area (TPSA) is 69.6 Å². The summed E-state index contributed by atoms with van der Waals surface area (Å²) in [5.74, 6) is 0.0688. The first-order valence-electron chi connectivity index (χ1n) is 6.51. The van der Waals surface area contributed by atoms with Gasteiger partial charge in [0.2, 0.25) is 0 Å². The third-order valence-electron chi connectivity index (χ3n) is 3.54. The smallest absolute Gasteiger partial charge is 0.341 e. The van der Waals surface area contributed by atoms with Crippen LogP contribution < -0.4 is 4.90 Å². The molecule has 1 aliphatic rings. The van der Waals surface area contributed by atoms with E-state index in [1.807, 2.05) is 11.9 Å². The lowest BCUT2D eigenvalue weighted by Gasteiger charge is -2.32. The molecular weight excluding hydrogens is 244 g/mol. The van der Waals surface area contributed by atoms with Crippen molar-refractivity contribution in [1.29, 1.82) is 0 Å². The van der Waals surface area contributed by atoms with Gasteiger partial charge in [0.1, 0.15) is 17.7 Å². The summed E-state index contributed by atoms with van der Waals surface area (Å²) in [7, 11) is 4.02. The fourth-order valence-corrected chi connectivity index (χ4v) is 2.67. The van der Waals surface area contributed by atoms with E-state index in [1.165, 1.54) is 25.4 Å². The monoisotopic (exact) mass is 264 g/mol. The highest BCUT2D eigenvalue weighted by Crippen LogP contribution is 2.20. The molecule has 1 aliphatic heterocycles. The normalized spacial score (nSPS) is 20.2. The minimum absolute atomic E-state index is 0.161. The minimum atomic E-state index is -0.983. The van der Waals surface area contributed by atoms with Crippen LogP contribution in [0.4, 0.5) is 5.82 Å². The van der Waals surface area contributed by atoms with Crippen LogP contribution in [0.25, 0.3) is 0 Å². The number of carboxylic acids is 1. The summed E-state index contributed by atoms with van der Waals surface area (Å²) in [5.41, 5.74) is 0.161. The van der Waals surface area contributed by atoms with Crippen LogP contribution in [0.1, 0.15) is 23.2 Å². The van der Waals surface area contributed by atoms with E-state index in [-0.39, 0.29) is 5.56 Å². The van der Waals surface area contributed by atoms with E-state index < -0.39 is 5.97 Å². The summed E-state index contributed by atoms with van der Waals surface area (Å²) in [6.07, 6.45) is 5.13. The quantitative estimate of drug-likeness (QED) is 0.873. The Morgan fingerprint density at radius 1 is 1.63 bits per heavy atom. The maximum atomic E-state index is 11.2. The molecule has 2 rings (SSSR count). The molecule has 0 saturated carbocycles. The summed E-state index contributed by atoms with van der Waals surface area (Å²) in [4.78, 5) is 23.3. The molecule has 1 unspecified atom stereocenters. The average Bonchev–Trinajstić information content (AvgIpc) is 2.38. The van der Waals surface area contributed by atoms with Crippen molar-refractivity contribution in [2.45, 2.75) is 12.8 Å². The van der Waals surface area contributed by atoms with E-state index in [0.29, 0.717) is 11.7 Å². The summed E-state index contributed by atoms with van der Waals surface area (Å²) in [6.45, 7) is 3.02. The molecule has 6 nitrogen and oxygen atoms in total. The maximum absolute atomic E-state index is 11.2. The number of aromatic carboxylic acids is 1. The lowest BCUT2D eigenvalue weighted by Crippen LogP contribution is -2.38. The van der Waals surface area contributed by atoms with Crippen LogP contribution >= 0.6 is 0 Å². The van der Waals surface area contributed by atoms with E-state index in [2.05, 4.69) is 21.9 Å². The Kier molecular flexibility index (Phi) is 4.31. The number of carbonyl (C=O) groups is 1. The second-order valence-corrected chi connectivity index (χ2v) is 5.22. The second-order valence-electron chi connectivity index (χ2n) is 5.22. The van der Waals surface area contributed by atoms with Crippen molar-refractivity contribution in [2.75, 3.05) is 38.6 Å². The number of piperidine rings is 1. The zero-order valence-electron chi connectivity index (χ0n) is 11.4. The Labute approximate surface area is 113 Å². The van der Waals surface area contributed by atoms with E-state index in [0.717, 1.165) is 19.6 Å². The van der Waals surface area contributed by atoms with E-state index >= 15 is 0 Å². The van der Waals surface area contributed by atoms with Gasteiger partial charge in [-0.1, -0.05) is 0 Å². The first-order chi connectivity index (χ1) is 9.08. The number of hydrogen-bond acceptors (Lipinski definition) is 5. The van der Waals surface area contributed by atoms with Gasteiger partial charge in [-0.15, -0.1) is 0 Å². The van der Waals surface area contributed by atoms with Crippen LogP contribution in [-0.2, 0) is 0 Å². The molecule has 104 valence electrons. The lowest BCUT2D eigenvalue weighted by molar-refractivity contribution is 0.0696. The van der Waals surface area contributed by atoms with Gasteiger partial charge in [-0.3, -0.25) is 0 Å². The van der Waals surface area contributed by atoms with Crippen molar-refractivity contribution in [3.63, 3.8) is 0 Å². The van der Waals surface area contributed by atoms with E-state index in [9.17, 15) is 4.79 Å². The van der Waals surface area contributed by atoms with Crippen molar-refractivity contribution in [3.8, 4) is 0 Å². The molecule has 0 aliphatic carbocycles. The first kappa shape index (κ1) is 13.7. The number of nitrogens with zero attached hydrogens (tertiary/aromatic N) is 4. The van der Waals surface area contributed by atoms with Gasteiger partial charge in [-0.25, -0.2) is 14.8 Å². The van der Waals surface area contributed by atoms with Gasteiger partial charge in [-0.2, -0.15) is 0 Å². The Balaban J connectivity index is 2.07. The Morgan fingerprint density at radius 2 is 2.42 bits per heavy atom. The van der Waals surface area contributed by atoms with Gasteiger partial charge in [-0.05, 0) is 32.4 Å². The first-order valence-corrected chi connectivity index (χ1v) is 6.51. The third kappa shape index (κ3) is 3.41. The van der Waals surface area contributed by atoms with Gasteiger partial charge in [0, 0.05) is 26.3 Å². The van der Waals surface area contributed by atoms with Crippen molar-refractivity contribution in [1.82, 2.24) is 14.9 Å². The fraction of sp³-hybridized carbons (Fsp3) is 0.615. The van der Waals surface area contributed by atoms with Crippen LogP contribution in [0.2, 0.25) is 0 Å². The summed E-state index contributed by atoms with van der Waals surface area (Å²) in [5, 5.41) is 9.15. The maximum Gasteiger partial charge on any atom is 0.341 e. The highest BCUT2D eigenvalue weighted by Gasteiger charge is 2.21. The second kappa shape index (κ2) is 5.97. The largest absolute Gasteiger partial charge is 0.477 e. The summed E-state index contributed by atoms with van der Waals surface area (Å²) >= 11 is 0. The Morgan fingerprint density at radius 3 is 3.11 bits per heavy atom. The summed E-state index contributed by atoms with van der Waals surface area (Å²) < 4.78 is 0. The molecule has 2 heterocycles. The van der Waals surface area contributed by atoms with Crippen LogP contribution in [-0.4, -0.2) is 59.7 Å². The highest BCUT2D eigenvalue weighted by molar-refractivity contribution is 5.92. The molecule has 0 spiro atoms. The molecule has 1 aromatic rings. The number of anilines is 1. The molecule has 1 saturated heterocycles. The highest BCUT2D eigenvalue weighted by atomic mass is 16.4. The standard InChI is InChI=1S/C13H20N4O2/c1-16-5-3-4-10(7-16)8-17(2)12-11(13(18)19)6-14-9-15-12/h6,9-10H,3-5,7-8H2,1-2H3,(H,18,19). The summed E-state index contributed by atoms with van der Waals surface area (Å²) in [6, 6.07) is 0. The molecular formula is C13H20N4O2. The molecule has 1 aromatic heterocycles. The predicted octanol–water partition coefficient (Wildman–Crippen LogP) is 0.953. The molecule has 0 aromatic carbocycles. The van der Waals surface area contributed by atoms with Gasteiger partial charge < -0.3 is 14.9 Å². The van der Waals surface area contributed by atoms with Gasteiger partial charge in [0.05, 0.1) is 0 Å². The zero-order valence-corrected chi connectivity index (χ0v) is 11.4. The van der Waals surface area contributed by atoms with Crippen molar-refractivity contribution in [3.05, 3.63) is 18.1 Å². The van der Waals surface area contributed by atoms with Gasteiger partial charge >= 0.3 is 5.97 Å². The molecule has 19 heavy (non-hydrogen) atoms. The average molecular weight is 264 g/mol. The van der Waals surface area contributed by atoms with Crippen molar-refractivity contribution >= 4 is 11.8 Å². The number of rotatable bonds is 4. The van der Waals surface area contributed by atoms with Crippen LogP contribution in [0.15, 0.2) is 12.5 Å². The number of aromatic nitrogens is 2. The van der Waals surface area contributed by atoms with E-state index in [1.54, 1.807) is 0 Å². The predicted molar refractivity (Wildman–Crippen MR) is 72.5 cm³/mol. The molecule has 0 amide bonds. The Hall–Kier alpha value is -1.69. The lowest BCUT2D eigenvalue weighted by atomic mass is 9.98. The molecule has 1 atom stereocenters. The molecule has 0 radical (unpaired) electrons. The van der Waals surface area contributed by atoms with Crippen LogP contribution in [0, 0.1) is 5.92 Å². The Bertz CT molecular complexity index is 452. The van der Waals surface area contributed by atoms with Gasteiger partial charge in [0.25, 0.3) is 0 Å². The van der Waals surface area contributed by atoms with E-state index in [4.69, 9.17) is 5.11 Å². The number of carboxylic acid groups (broad SMARTS) is 1. The van der Waals surface area contributed by atoms with Crippen molar-refractivity contribution < 1.29 is 9.90 Å². The zero-order chi connectivity index (χ0) is 13.8. The minimum Gasteiger partial charge on any atom is -0.477 e. The number of hydrogen-bond donors (Lipinski definition) is 1. The molecule has 1 fully saturated rings. The fourth-order valence-electron chi connectivity index (χ4n) is 2.67. The van der Waals surface area contributed by atoms with Crippen molar-refractivity contribution in [2.24, 2.45) is 5.92 Å². The van der Waals surface area contributed by atoms with Crippen LogP contribution in [0.5, 0.6) is 0 Å². The SMILES string of the molecule is CN1CCCC(CN(C)c2ncncc2C(=O)O)C1. The molecule has 0 bridgehead atoms.